The van der Waals surface area contributed by atoms with Crippen LogP contribution in [0.2, 0.25) is 5.28 Å². The molecule has 0 radical (unpaired) electrons. The Morgan fingerprint density at radius 2 is 1.93 bits per heavy atom. The van der Waals surface area contributed by atoms with Crippen molar-refractivity contribution in [1.82, 2.24) is 14.9 Å². The van der Waals surface area contributed by atoms with E-state index >= 15 is 0 Å². The van der Waals surface area contributed by atoms with Crippen LogP contribution in [0.1, 0.15) is 10.4 Å². The normalized spacial score (nSPS) is 16.5. The number of amides is 1. The van der Waals surface area contributed by atoms with Crippen LogP contribution in [0.3, 0.4) is 0 Å². The van der Waals surface area contributed by atoms with E-state index in [9.17, 15) is 4.79 Å². The summed E-state index contributed by atoms with van der Waals surface area (Å²) in [6.07, 6.45) is 2.88. The van der Waals surface area contributed by atoms with Crippen molar-refractivity contribution >= 4 is 17.5 Å². The van der Waals surface area contributed by atoms with Gasteiger partial charge in [0, 0.05) is 25.5 Å². The van der Waals surface area contributed by atoms with E-state index in [2.05, 4.69) is 9.97 Å². The van der Waals surface area contributed by atoms with Gasteiger partial charge in [-0.2, -0.15) is 0 Å². The van der Waals surface area contributed by atoms with Crippen LogP contribution in [0.25, 0.3) is 0 Å². The molecule has 1 aromatic heterocycles. The van der Waals surface area contributed by atoms with Crippen molar-refractivity contribution < 1.29 is 9.53 Å². The van der Waals surface area contributed by atoms with Crippen molar-refractivity contribution in [3.63, 3.8) is 0 Å². The van der Waals surface area contributed by atoms with Crippen molar-refractivity contribution in [2.24, 2.45) is 0 Å². The summed E-state index contributed by atoms with van der Waals surface area (Å²) in [5, 5.41) is 0.147. The van der Waals surface area contributed by atoms with Gasteiger partial charge in [0.1, 0.15) is 0 Å². The Morgan fingerprint density at radius 1 is 1.33 bits per heavy atom. The largest absolute Gasteiger partial charge is 0.378 e. The van der Waals surface area contributed by atoms with E-state index in [1.165, 1.54) is 12.4 Å². The lowest BCUT2D eigenvalue weighted by Crippen LogP contribution is -2.40. The lowest BCUT2D eigenvalue weighted by Gasteiger charge is -2.26. The van der Waals surface area contributed by atoms with E-state index in [4.69, 9.17) is 16.3 Å². The van der Waals surface area contributed by atoms with E-state index < -0.39 is 0 Å². The molecule has 0 unspecified atom stereocenters. The molecule has 1 aliphatic rings. The monoisotopic (exact) mass is 227 g/mol. The minimum atomic E-state index is -0.0741. The van der Waals surface area contributed by atoms with E-state index in [1.54, 1.807) is 4.90 Å². The maximum atomic E-state index is 11.9. The Balaban J connectivity index is 2.09. The number of carbonyl (C=O) groups is 1. The smallest absolute Gasteiger partial charge is 0.257 e. The molecule has 0 saturated carbocycles. The molecule has 1 amide bonds. The summed E-state index contributed by atoms with van der Waals surface area (Å²) in [5.41, 5.74) is 0.460. The molecule has 0 spiro atoms. The zero-order chi connectivity index (χ0) is 10.7. The highest BCUT2D eigenvalue weighted by Crippen LogP contribution is 2.06. The molecule has 1 saturated heterocycles. The van der Waals surface area contributed by atoms with Gasteiger partial charge in [-0.05, 0) is 11.6 Å². The van der Waals surface area contributed by atoms with Crippen LogP contribution in [0.5, 0.6) is 0 Å². The van der Waals surface area contributed by atoms with Crippen LogP contribution in [-0.4, -0.2) is 47.1 Å². The number of halogens is 1. The summed E-state index contributed by atoms with van der Waals surface area (Å²) in [6, 6.07) is 0. The van der Waals surface area contributed by atoms with Gasteiger partial charge in [-0.25, -0.2) is 9.97 Å². The van der Waals surface area contributed by atoms with Gasteiger partial charge < -0.3 is 9.64 Å². The molecule has 6 heteroatoms. The van der Waals surface area contributed by atoms with E-state index in [0.717, 1.165) is 0 Å². The van der Waals surface area contributed by atoms with Crippen LogP contribution >= 0.6 is 11.6 Å². The molecule has 0 atom stereocenters. The zero-order valence-electron chi connectivity index (χ0n) is 8.02. The lowest BCUT2D eigenvalue weighted by molar-refractivity contribution is 0.0302. The number of rotatable bonds is 1. The Labute approximate surface area is 92.0 Å². The average Bonchev–Trinajstić information content (AvgIpc) is 2.30. The Bertz CT molecular complexity index is 349. The highest BCUT2D eigenvalue weighted by Gasteiger charge is 2.18. The van der Waals surface area contributed by atoms with E-state index in [0.29, 0.717) is 31.9 Å². The molecule has 0 N–H and O–H groups in total. The maximum Gasteiger partial charge on any atom is 0.257 e. The van der Waals surface area contributed by atoms with Crippen molar-refractivity contribution in [3.8, 4) is 0 Å². The molecule has 1 aliphatic heterocycles. The van der Waals surface area contributed by atoms with Gasteiger partial charge in [-0.15, -0.1) is 0 Å². The molecule has 0 aromatic carbocycles. The molecular weight excluding hydrogens is 218 g/mol. The highest BCUT2D eigenvalue weighted by atomic mass is 35.5. The molecule has 80 valence electrons. The summed E-state index contributed by atoms with van der Waals surface area (Å²) in [5.74, 6) is -0.0741. The summed E-state index contributed by atoms with van der Waals surface area (Å²) >= 11 is 5.54. The fourth-order valence-corrected chi connectivity index (χ4v) is 1.47. The number of aromatic nitrogens is 2. The quantitative estimate of drug-likeness (QED) is 0.660. The van der Waals surface area contributed by atoms with Gasteiger partial charge in [-0.3, -0.25) is 4.79 Å². The van der Waals surface area contributed by atoms with Gasteiger partial charge >= 0.3 is 0 Å². The van der Waals surface area contributed by atoms with Gasteiger partial charge in [-0.1, -0.05) is 0 Å². The standard InChI is InChI=1S/C9H10ClN3O2/c10-9-11-5-7(6-12-9)8(14)13-1-3-15-4-2-13/h5-6H,1-4H2. The Morgan fingerprint density at radius 3 is 2.53 bits per heavy atom. The topological polar surface area (TPSA) is 55.3 Å². The second kappa shape index (κ2) is 4.55. The van der Waals surface area contributed by atoms with Crippen molar-refractivity contribution in [2.45, 2.75) is 0 Å². The number of nitrogens with zero attached hydrogens (tertiary/aromatic N) is 3. The van der Waals surface area contributed by atoms with Gasteiger partial charge in [0.25, 0.3) is 5.91 Å². The summed E-state index contributed by atoms with van der Waals surface area (Å²) < 4.78 is 5.16. The third-order valence-electron chi connectivity index (χ3n) is 2.17. The zero-order valence-corrected chi connectivity index (χ0v) is 8.78. The van der Waals surface area contributed by atoms with Crippen molar-refractivity contribution in [2.75, 3.05) is 26.3 Å². The molecular formula is C9H10ClN3O2. The third-order valence-corrected chi connectivity index (χ3v) is 2.36. The summed E-state index contributed by atoms with van der Waals surface area (Å²) in [6.45, 7) is 2.39. The maximum absolute atomic E-state index is 11.9. The number of morpholine rings is 1. The van der Waals surface area contributed by atoms with E-state index in [1.807, 2.05) is 0 Å². The lowest BCUT2D eigenvalue weighted by atomic mass is 10.3. The predicted molar refractivity (Wildman–Crippen MR) is 53.8 cm³/mol. The first kappa shape index (κ1) is 10.3. The Kier molecular flexibility index (Phi) is 3.13. The van der Waals surface area contributed by atoms with Crippen LogP contribution in [-0.2, 0) is 4.74 Å². The molecule has 0 aliphatic carbocycles. The first-order valence-corrected chi connectivity index (χ1v) is 5.00. The molecule has 5 nitrogen and oxygen atoms in total. The molecule has 15 heavy (non-hydrogen) atoms. The first-order valence-electron chi connectivity index (χ1n) is 4.62. The molecule has 2 heterocycles. The second-order valence-electron chi connectivity index (χ2n) is 3.15. The van der Waals surface area contributed by atoms with Crippen molar-refractivity contribution in [1.29, 1.82) is 0 Å². The summed E-state index contributed by atoms with van der Waals surface area (Å²) in [4.78, 5) is 21.1. The molecule has 1 fully saturated rings. The number of hydrogen-bond acceptors (Lipinski definition) is 4. The van der Waals surface area contributed by atoms with Gasteiger partial charge in [0.2, 0.25) is 5.28 Å². The highest BCUT2D eigenvalue weighted by molar-refractivity contribution is 6.28. The predicted octanol–water partition coefficient (Wildman–Crippen LogP) is 0.602. The number of hydrogen-bond donors (Lipinski definition) is 0. The first-order chi connectivity index (χ1) is 7.27. The molecule has 1 aromatic rings. The molecule has 2 rings (SSSR count). The number of ether oxygens (including phenoxy) is 1. The van der Waals surface area contributed by atoms with Crippen molar-refractivity contribution in [3.05, 3.63) is 23.2 Å². The molecule has 0 bridgehead atoms. The van der Waals surface area contributed by atoms with Crippen LogP contribution < -0.4 is 0 Å². The second-order valence-corrected chi connectivity index (χ2v) is 3.48. The van der Waals surface area contributed by atoms with Crippen LogP contribution in [0.15, 0.2) is 12.4 Å². The van der Waals surface area contributed by atoms with E-state index in [-0.39, 0.29) is 11.2 Å². The fraction of sp³-hybridized carbons (Fsp3) is 0.444. The van der Waals surface area contributed by atoms with Gasteiger partial charge in [0.05, 0.1) is 18.8 Å². The Hall–Kier alpha value is -1.20. The van der Waals surface area contributed by atoms with Crippen LogP contribution in [0.4, 0.5) is 0 Å². The summed E-state index contributed by atoms with van der Waals surface area (Å²) in [7, 11) is 0. The number of carbonyl (C=O) groups excluding carboxylic acids is 1. The minimum Gasteiger partial charge on any atom is -0.378 e. The van der Waals surface area contributed by atoms with Gasteiger partial charge in [0.15, 0.2) is 0 Å². The fourth-order valence-electron chi connectivity index (χ4n) is 1.37. The third kappa shape index (κ3) is 2.43. The minimum absolute atomic E-state index is 0.0741. The van der Waals surface area contributed by atoms with Crippen LogP contribution in [0, 0.1) is 0 Å². The SMILES string of the molecule is O=C(c1cnc(Cl)nc1)N1CCOCC1. The average molecular weight is 228 g/mol.